The zero-order valence-electron chi connectivity index (χ0n) is 9.14. The second kappa shape index (κ2) is 4.74. The molecule has 1 N–H and O–H groups in total. The van der Waals surface area contributed by atoms with Gasteiger partial charge in [0.1, 0.15) is 5.52 Å². The van der Waals surface area contributed by atoms with Crippen LogP contribution in [0.2, 0.25) is 5.28 Å². The number of halogens is 2. The molecule has 0 aliphatic rings. The highest BCUT2D eigenvalue weighted by molar-refractivity contribution is 14.1. The molecule has 0 radical (unpaired) electrons. The Labute approximate surface area is 122 Å². The van der Waals surface area contributed by atoms with Gasteiger partial charge < -0.3 is 5.32 Å². The minimum absolute atomic E-state index is 0.215. The number of benzene rings is 1. The van der Waals surface area contributed by atoms with Crippen LogP contribution >= 0.6 is 34.2 Å². The molecular weight excluding hydrogens is 363 g/mol. The average Bonchev–Trinajstić information content (AvgIpc) is 2.80. The first-order chi connectivity index (χ1) is 8.72. The van der Waals surface area contributed by atoms with E-state index < -0.39 is 0 Å². The molecule has 0 aliphatic carbocycles. The van der Waals surface area contributed by atoms with E-state index in [1.54, 1.807) is 4.52 Å². The molecule has 0 saturated heterocycles. The topological polar surface area (TPSA) is 42.2 Å². The van der Waals surface area contributed by atoms with Crippen molar-refractivity contribution in [3.05, 3.63) is 51.4 Å². The van der Waals surface area contributed by atoms with E-state index in [1.165, 1.54) is 3.57 Å². The number of hydrogen-bond acceptors (Lipinski definition) is 3. The Kier molecular flexibility index (Phi) is 3.09. The van der Waals surface area contributed by atoms with Gasteiger partial charge in [-0.05, 0) is 70.6 Å². The molecule has 2 aromatic heterocycles. The maximum Gasteiger partial charge on any atom is 0.243 e. The number of rotatable bonds is 2. The van der Waals surface area contributed by atoms with Crippen LogP contribution in [0, 0.1) is 3.57 Å². The number of aromatic nitrogens is 3. The van der Waals surface area contributed by atoms with E-state index in [0.717, 1.165) is 11.2 Å². The molecule has 1 aromatic carbocycles. The smallest absolute Gasteiger partial charge is 0.243 e. The van der Waals surface area contributed by atoms with E-state index in [9.17, 15) is 0 Å². The second-order valence-electron chi connectivity index (χ2n) is 3.70. The maximum absolute atomic E-state index is 5.89. The molecule has 6 heteroatoms. The summed E-state index contributed by atoms with van der Waals surface area (Å²) in [7, 11) is 0. The fraction of sp³-hybridized carbons (Fsp3) is 0. The lowest BCUT2D eigenvalue weighted by molar-refractivity contribution is 0.907. The molecular formula is C12H8ClIN4. The molecule has 3 aromatic rings. The summed E-state index contributed by atoms with van der Waals surface area (Å²) in [5.41, 5.74) is 1.85. The van der Waals surface area contributed by atoms with E-state index in [4.69, 9.17) is 11.6 Å². The molecule has 4 nitrogen and oxygen atoms in total. The lowest BCUT2D eigenvalue weighted by Crippen LogP contribution is -2.00. The van der Waals surface area contributed by atoms with Crippen LogP contribution in [0.3, 0.4) is 0 Å². The van der Waals surface area contributed by atoms with Gasteiger partial charge in [0.05, 0.1) is 0 Å². The van der Waals surface area contributed by atoms with Crippen molar-refractivity contribution < 1.29 is 0 Å². The normalized spacial score (nSPS) is 10.8. The Morgan fingerprint density at radius 2 is 1.94 bits per heavy atom. The summed E-state index contributed by atoms with van der Waals surface area (Å²) in [5.74, 6) is 0.696. The third kappa shape index (κ3) is 2.28. The summed E-state index contributed by atoms with van der Waals surface area (Å²) in [6.45, 7) is 0. The summed E-state index contributed by atoms with van der Waals surface area (Å²) >= 11 is 8.16. The standard InChI is InChI=1S/C12H8ClIN4/c13-12-16-11(10-2-1-7-18(10)17-12)15-9-5-3-8(14)4-6-9/h1-7H,(H,15,16,17). The van der Waals surface area contributed by atoms with Crippen LogP contribution in [-0.2, 0) is 0 Å². The molecule has 0 fully saturated rings. The van der Waals surface area contributed by atoms with Crippen molar-refractivity contribution in [1.29, 1.82) is 0 Å². The van der Waals surface area contributed by atoms with Crippen molar-refractivity contribution in [2.24, 2.45) is 0 Å². The predicted molar refractivity (Wildman–Crippen MR) is 80.4 cm³/mol. The van der Waals surface area contributed by atoms with Crippen LogP contribution in [0.4, 0.5) is 11.5 Å². The Balaban J connectivity index is 2.03. The zero-order valence-corrected chi connectivity index (χ0v) is 12.1. The van der Waals surface area contributed by atoms with Crippen LogP contribution < -0.4 is 5.32 Å². The van der Waals surface area contributed by atoms with Gasteiger partial charge in [0.25, 0.3) is 0 Å². The number of anilines is 2. The first-order valence-electron chi connectivity index (χ1n) is 5.26. The fourth-order valence-electron chi connectivity index (χ4n) is 1.67. The number of nitrogens with one attached hydrogen (secondary N) is 1. The number of fused-ring (bicyclic) bond motifs is 1. The first-order valence-corrected chi connectivity index (χ1v) is 6.71. The second-order valence-corrected chi connectivity index (χ2v) is 5.28. The molecule has 90 valence electrons. The van der Waals surface area contributed by atoms with Crippen molar-refractivity contribution in [2.45, 2.75) is 0 Å². The van der Waals surface area contributed by atoms with Crippen LogP contribution in [-0.4, -0.2) is 14.6 Å². The summed E-state index contributed by atoms with van der Waals surface area (Å²) in [5, 5.41) is 7.54. The lowest BCUT2D eigenvalue weighted by atomic mass is 10.3. The van der Waals surface area contributed by atoms with Gasteiger partial charge in [-0.15, -0.1) is 5.10 Å². The summed E-state index contributed by atoms with van der Waals surface area (Å²) < 4.78 is 2.89. The largest absolute Gasteiger partial charge is 0.338 e. The van der Waals surface area contributed by atoms with E-state index >= 15 is 0 Å². The third-order valence-corrected chi connectivity index (χ3v) is 3.35. The number of nitrogens with zero attached hydrogens (tertiary/aromatic N) is 3. The molecule has 2 heterocycles. The molecule has 0 bridgehead atoms. The molecule has 0 saturated carbocycles. The van der Waals surface area contributed by atoms with Crippen molar-refractivity contribution >= 4 is 51.2 Å². The minimum Gasteiger partial charge on any atom is -0.338 e. The van der Waals surface area contributed by atoms with Crippen molar-refractivity contribution in [1.82, 2.24) is 14.6 Å². The first kappa shape index (κ1) is 11.7. The van der Waals surface area contributed by atoms with E-state index in [2.05, 4.69) is 38.0 Å². The fourth-order valence-corrected chi connectivity index (χ4v) is 2.20. The average molecular weight is 371 g/mol. The van der Waals surface area contributed by atoms with Crippen LogP contribution in [0.5, 0.6) is 0 Å². The Morgan fingerprint density at radius 3 is 2.72 bits per heavy atom. The molecule has 0 atom stereocenters. The van der Waals surface area contributed by atoms with Crippen molar-refractivity contribution in [2.75, 3.05) is 5.32 Å². The van der Waals surface area contributed by atoms with Crippen LogP contribution in [0.25, 0.3) is 5.52 Å². The highest BCUT2D eigenvalue weighted by Gasteiger charge is 2.06. The molecule has 0 amide bonds. The quantitative estimate of drug-likeness (QED) is 0.699. The summed E-state index contributed by atoms with van der Waals surface area (Å²) in [4.78, 5) is 4.21. The molecule has 0 unspecified atom stereocenters. The Hall–Kier alpha value is -1.34. The van der Waals surface area contributed by atoms with Gasteiger partial charge in [-0.3, -0.25) is 0 Å². The Morgan fingerprint density at radius 1 is 1.17 bits per heavy atom. The monoisotopic (exact) mass is 370 g/mol. The van der Waals surface area contributed by atoms with E-state index in [0.29, 0.717) is 5.82 Å². The summed E-state index contributed by atoms with van der Waals surface area (Å²) in [6, 6.07) is 11.9. The van der Waals surface area contributed by atoms with Gasteiger partial charge in [-0.1, -0.05) is 0 Å². The number of hydrogen-bond donors (Lipinski definition) is 1. The van der Waals surface area contributed by atoms with Gasteiger partial charge in [-0.25, -0.2) is 4.52 Å². The van der Waals surface area contributed by atoms with Crippen molar-refractivity contribution in [3.63, 3.8) is 0 Å². The molecule has 0 spiro atoms. The van der Waals surface area contributed by atoms with E-state index in [-0.39, 0.29) is 5.28 Å². The van der Waals surface area contributed by atoms with E-state index in [1.807, 2.05) is 42.6 Å². The molecule has 0 aliphatic heterocycles. The van der Waals surface area contributed by atoms with Gasteiger partial charge in [0.15, 0.2) is 5.82 Å². The molecule has 3 rings (SSSR count). The van der Waals surface area contributed by atoms with Gasteiger partial charge >= 0.3 is 0 Å². The highest BCUT2D eigenvalue weighted by atomic mass is 127. The molecule has 18 heavy (non-hydrogen) atoms. The minimum atomic E-state index is 0.215. The SMILES string of the molecule is Clc1nc(Nc2ccc(I)cc2)c2cccn2n1. The zero-order chi connectivity index (χ0) is 12.5. The van der Waals surface area contributed by atoms with Crippen LogP contribution in [0.1, 0.15) is 0 Å². The van der Waals surface area contributed by atoms with Crippen LogP contribution in [0.15, 0.2) is 42.6 Å². The van der Waals surface area contributed by atoms with Gasteiger partial charge in [0, 0.05) is 15.5 Å². The summed E-state index contributed by atoms with van der Waals surface area (Å²) in [6.07, 6.45) is 1.84. The van der Waals surface area contributed by atoms with Gasteiger partial charge in [-0.2, -0.15) is 4.98 Å². The third-order valence-electron chi connectivity index (χ3n) is 2.47. The Bertz CT molecular complexity index is 693. The van der Waals surface area contributed by atoms with Crippen molar-refractivity contribution in [3.8, 4) is 0 Å². The lowest BCUT2D eigenvalue weighted by Gasteiger charge is -2.07. The predicted octanol–water partition coefficient (Wildman–Crippen LogP) is 3.73. The van der Waals surface area contributed by atoms with Gasteiger partial charge in [0.2, 0.25) is 5.28 Å². The highest BCUT2D eigenvalue weighted by Crippen LogP contribution is 2.21. The maximum atomic E-state index is 5.89.